The number of anilines is 2. The van der Waals surface area contributed by atoms with Gasteiger partial charge in [-0.3, -0.25) is 4.98 Å². The molecular weight excluding hydrogens is 400 g/mol. The normalized spacial score (nSPS) is 26.2. The van der Waals surface area contributed by atoms with Gasteiger partial charge in [-0.2, -0.15) is 4.31 Å². The fraction of sp³-hybridized carbons (Fsp3) is 0.619. The maximum absolute atomic E-state index is 13.3. The van der Waals surface area contributed by atoms with E-state index in [1.54, 1.807) is 4.31 Å². The van der Waals surface area contributed by atoms with Crippen LogP contribution in [0.3, 0.4) is 0 Å². The van der Waals surface area contributed by atoms with Crippen molar-refractivity contribution >= 4 is 21.7 Å². The summed E-state index contributed by atoms with van der Waals surface area (Å²) < 4.78 is 28.2. The highest BCUT2D eigenvalue weighted by Gasteiger charge is 2.46. The molecule has 2 saturated heterocycles. The molecule has 0 radical (unpaired) electrons. The van der Waals surface area contributed by atoms with Crippen LogP contribution in [0.25, 0.3) is 0 Å². The molecule has 2 N–H and O–H groups in total. The first kappa shape index (κ1) is 18.8. The molecule has 0 bridgehead atoms. The molecule has 6 rings (SSSR count). The summed E-state index contributed by atoms with van der Waals surface area (Å²) in [7, 11) is -1.62. The molecule has 1 aromatic heterocycles. The molecule has 2 atom stereocenters. The van der Waals surface area contributed by atoms with E-state index < -0.39 is 10.0 Å². The van der Waals surface area contributed by atoms with Crippen LogP contribution in [0.4, 0.5) is 11.6 Å². The number of rotatable bonds is 4. The van der Waals surface area contributed by atoms with Gasteiger partial charge in [-0.15, -0.1) is 10.2 Å². The fourth-order valence-electron chi connectivity index (χ4n) is 6.05. The van der Waals surface area contributed by atoms with Gasteiger partial charge in [-0.1, -0.05) is 6.07 Å². The van der Waals surface area contributed by atoms with Gasteiger partial charge < -0.3 is 10.2 Å². The average Bonchev–Trinajstić information content (AvgIpc) is 3.49. The van der Waals surface area contributed by atoms with Gasteiger partial charge in [0.1, 0.15) is 0 Å². The molecule has 2 fully saturated rings. The van der Waals surface area contributed by atoms with Crippen molar-refractivity contribution in [2.45, 2.75) is 56.1 Å². The second-order valence-corrected chi connectivity index (χ2v) is 11.1. The highest BCUT2D eigenvalue weighted by atomic mass is 32.2. The van der Waals surface area contributed by atoms with E-state index in [2.05, 4.69) is 38.5 Å². The second-order valence-electron chi connectivity index (χ2n) is 9.29. The summed E-state index contributed by atoms with van der Waals surface area (Å²) >= 11 is 0. The van der Waals surface area contributed by atoms with Gasteiger partial charge in [0.05, 0.1) is 0 Å². The monoisotopic (exact) mass is 428 g/mol. The zero-order chi connectivity index (χ0) is 20.5. The molecule has 1 aromatic carbocycles. The Bertz CT molecular complexity index is 1080. The molecule has 0 amide bonds. The number of sulfonamides is 1. The maximum Gasteiger partial charge on any atom is 0.278 e. The lowest BCUT2D eigenvalue weighted by molar-refractivity contribution is 0.336. The quantitative estimate of drug-likeness (QED) is 0.772. The van der Waals surface area contributed by atoms with Crippen LogP contribution in [-0.2, 0) is 35.7 Å². The molecule has 0 saturated carbocycles. The van der Waals surface area contributed by atoms with Crippen molar-refractivity contribution in [3.05, 3.63) is 28.3 Å². The summed E-state index contributed by atoms with van der Waals surface area (Å²) in [6.45, 7) is 2.31. The Hall–Kier alpha value is -1.97. The standard InChI is InChI=1S/C21H28N6O2S/c1-26-11-15-8-9-27(18(15)12-26)30(28,29)21-23-20(24-25-21)22-19-16-6-2-4-13(16)10-14-5-3-7-17(14)19/h10,15,18H,2-9,11-12H2,1H3,(H2,22,23,24,25). The topological polar surface area (TPSA) is 94.2 Å². The number of hydrogen-bond donors (Lipinski definition) is 2. The van der Waals surface area contributed by atoms with Gasteiger partial charge >= 0.3 is 0 Å². The summed E-state index contributed by atoms with van der Waals surface area (Å²) in [5.41, 5.74) is 6.73. The van der Waals surface area contributed by atoms with Gasteiger partial charge in [0.2, 0.25) is 5.95 Å². The molecule has 2 aliphatic carbocycles. The fourth-order valence-corrected chi connectivity index (χ4v) is 7.58. The van der Waals surface area contributed by atoms with E-state index in [-0.39, 0.29) is 11.2 Å². The predicted molar refractivity (Wildman–Crippen MR) is 113 cm³/mol. The number of aromatic nitrogens is 3. The first-order chi connectivity index (χ1) is 14.5. The smallest absolute Gasteiger partial charge is 0.278 e. The molecule has 2 aromatic rings. The van der Waals surface area contributed by atoms with Gasteiger partial charge in [-0.05, 0) is 80.2 Å². The van der Waals surface area contributed by atoms with E-state index in [4.69, 9.17) is 0 Å². The number of likely N-dealkylation sites (N-methyl/N-ethyl adjacent to an activating group) is 1. The number of aromatic amines is 1. The van der Waals surface area contributed by atoms with E-state index in [1.165, 1.54) is 35.1 Å². The summed E-state index contributed by atoms with van der Waals surface area (Å²) in [5, 5.41) is 11.6. The van der Waals surface area contributed by atoms with E-state index in [0.717, 1.165) is 50.9 Å². The number of nitrogens with zero attached hydrogens (tertiary/aromatic N) is 4. The summed E-state index contributed by atoms with van der Waals surface area (Å²) in [5.74, 6) is 0.835. The lowest BCUT2D eigenvalue weighted by atomic mass is 9.99. The van der Waals surface area contributed by atoms with Crippen molar-refractivity contribution in [1.29, 1.82) is 0 Å². The van der Waals surface area contributed by atoms with E-state index in [1.807, 2.05) is 0 Å². The Labute approximate surface area is 177 Å². The average molecular weight is 429 g/mol. The second kappa shape index (κ2) is 6.77. The van der Waals surface area contributed by atoms with Crippen LogP contribution in [0.2, 0.25) is 0 Å². The summed E-state index contributed by atoms with van der Waals surface area (Å²) in [4.78, 5) is 5.18. The third-order valence-corrected chi connectivity index (χ3v) is 9.16. The molecule has 0 spiro atoms. The first-order valence-corrected chi connectivity index (χ1v) is 12.5. The Morgan fingerprint density at radius 1 is 1.07 bits per heavy atom. The zero-order valence-electron chi connectivity index (χ0n) is 17.3. The summed E-state index contributed by atoms with van der Waals surface area (Å²) in [6.07, 6.45) is 7.64. The van der Waals surface area contributed by atoms with Crippen LogP contribution in [0, 0.1) is 5.92 Å². The Morgan fingerprint density at radius 2 is 1.80 bits per heavy atom. The van der Waals surface area contributed by atoms with Crippen molar-refractivity contribution in [1.82, 2.24) is 24.4 Å². The molecule has 2 unspecified atom stereocenters. The Kier molecular flexibility index (Phi) is 4.23. The molecule has 2 aliphatic heterocycles. The van der Waals surface area contributed by atoms with Gasteiger partial charge in [0.15, 0.2) is 0 Å². The van der Waals surface area contributed by atoms with Crippen molar-refractivity contribution in [2.24, 2.45) is 5.92 Å². The van der Waals surface area contributed by atoms with Crippen molar-refractivity contribution in [3.8, 4) is 0 Å². The van der Waals surface area contributed by atoms with Gasteiger partial charge in [0, 0.05) is 31.4 Å². The molecule has 9 heteroatoms. The Balaban J connectivity index is 1.30. The zero-order valence-corrected chi connectivity index (χ0v) is 18.1. The van der Waals surface area contributed by atoms with Crippen LogP contribution in [0.5, 0.6) is 0 Å². The minimum absolute atomic E-state index is 0.0437. The van der Waals surface area contributed by atoms with E-state index in [9.17, 15) is 8.42 Å². The predicted octanol–water partition coefficient (Wildman–Crippen LogP) is 1.85. The SMILES string of the molecule is CN1CC2CCN(S(=O)(=O)c3nnc(Nc4c5c(cc6c4CCC6)CCC5)[nH]3)C2C1. The van der Waals surface area contributed by atoms with Crippen molar-refractivity contribution in [2.75, 3.05) is 32.0 Å². The molecule has 30 heavy (non-hydrogen) atoms. The maximum atomic E-state index is 13.3. The van der Waals surface area contributed by atoms with Gasteiger partial charge in [0.25, 0.3) is 15.2 Å². The van der Waals surface area contributed by atoms with Crippen LogP contribution < -0.4 is 5.32 Å². The van der Waals surface area contributed by atoms with E-state index >= 15 is 0 Å². The molecule has 160 valence electrons. The third-order valence-electron chi connectivity index (χ3n) is 7.41. The number of benzene rings is 1. The Morgan fingerprint density at radius 3 is 2.53 bits per heavy atom. The number of likely N-dealkylation sites (tertiary alicyclic amines) is 1. The van der Waals surface area contributed by atoms with E-state index in [0.29, 0.717) is 18.4 Å². The van der Waals surface area contributed by atoms with Crippen molar-refractivity contribution < 1.29 is 8.42 Å². The molecular formula is C21H28N6O2S. The number of fused-ring (bicyclic) bond motifs is 3. The molecule has 4 aliphatic rings. The van der Waals surface area contributed by atoms with Crippen molar-refractivity contribution in [3.63, 3.8) is 0 Å². The van der Waals surface area contributed by atoms with Crippen LogP contribution >= 0.6 is 0 Å². The van der Waals surface area contributed by atoms with Crippen LogP contribution in [0.1, 0.15) is 41.5 Å². The highest BCUT2D eigenvalue weighted by Crippen LogP contribution is 2.40. The first-order valence-electron chi connectivity index (χ1n) is 11.1. The number of hydrogen-bond acceptors (Lipinski definition) is 6. The minimum Gasteiger partial charge on any atom is -0.324 e. The van der Waals surface area contributed by atoms with Crippen LogP contribution in [0.15, 0.2) is 11.2 Å². The minimum atomic E-state index is -3.67. The lowest BCUT2D eigenvalue weighted by Gasteiger charge is -2.21. The number of H-pyrrole nitrogens is 1. The van der Waals surface area contributed by atoms with Gasteiger partial charge in [-0.25, -0.2) is 8.42 Å². The lowest BCUT2D eigenvalue weighted by Crippen LogP contribution is -2.39. The molecule has 3 heterocycles. The summed E-state index contributed by atoms with van der Waals surface area (Å²) in [6, 6.07) is 2.43. The number of aryl methyl sites for hydroxylation is 2. The largest absolute Gasteiger partial charge is 0.324 e. The highest BCUT2D eigenvalue weighted by molar-refractivity contribution is 7.89. The number of nitrogens with one attached hydrogen (secondary N) is 2. The van der Waals surface area contributed by atoms with Crippen LogP contribution in [-0.4, -0.2) is 65.5 Å². The molecule has 8 nitrogen and oxygen atoms in total. The third kappa shape index (κ3) is 2.82.